The van der Waals surface area contributed by atoms with E-state index in [0.717, 1.165) is 5.56 Å². The van der Waals surface area contributed by atoms with Crippen molar-refractivity contribution in [2.75, 3.05) is 13.2 Å². The van der Waals surface area contributed by atoms with E-state index in [1.165, 1.54) is 11.3 Å². The molecule has 0 atom stereocenters. The Labute approximate surface area is 145 Å². The van der Waals surface area contributed by atoms with Gasteiger partial charge < -0.3 is 9.47 Å². The molecular weight excluding hydrogens is 324 g/mol. The quantitative estimate of drug-likeness (QED) is 0.734. The normalized spacial score (nSPS) is 10.5. The summed E-state index contributed by atoms with van der Waals surface area (Å²) in [7, 11) is 0. The number of aromatic nitrogens is 1. The number of carbonyl (C=O) groups is 1. The van der Waals surface area contributed by atoms with E-state index in [1.807, 2.05) is 0 Å². The van der Waals surface area contributed by atoms with Crippen molar-refractivity contribution in [1.82, 2.24) is 4.98 Å². The van der Waals surface area contributed by atoms with Crippen molar-refractivity contribution in [3.8, 4) is 22.4 Å². The highest BCUT2D eigenvalue weighted by Crippen LogP contribution is 2.35. The molecule has 0 radical (unpaired) electrons. The second-order valence-electron chi connectivity index (χ2n) is 5.68. The summed E-state index contributed by atoms with van der Waals surface area (Å²) in [5, 5.41) is 9.80. The first-order valence-electron chi connectivity index (χ1n) is 7.78. The van der Waals surface area contributed by atoms with Crippen LogP contribution in [0.5, 0.6) is 5.75 Å². The van der Waals surface area contributed by atoms with E-state index < -0.39 is 0 Å². The average Bonchev–Trinajstić information content (AvgIpc) is 2.94. The fraction of sp³-hybridized carbons (Fsp3) is 0.389. The summed E-state index contributed by atoms with van der Waals surface area (Å²) in [5.41, 5.74) is 1.86. The van der Waals surface area contributed by atoms with Gasteiger partial charge in [0.2, 0.25) is 0 Å². The summed E-state index contributed by atoms with van der Waals surface area (Å²) in [6.07, 6.45) is 0. The van der Waals surface area contributed by atoms with E-state index in [-0.39, 0.29) is 5.97 Å². The Bertz CT molecular complexity index is 775. The second-order valence-corrected chi connectivity index (χ2v) is 6.68. The second kappa shape index (κ2) is 7.93. The van der Waals surface area contributed by atoms with Crippen LogP contribution in [0, 0.1) is 24.2 Å². The van der Waals surface area contributed by atoms with Crippen LogP contribution >= 0.6 is 11.3 Å². The number of carbonyl (C=O) groups excluding carboxylic acids is 1. The third kappa shape index (κ3) is 4.12. The highest BCUT2D eigenvalue weighted by Gasteiger charge is 2.19. The summed E-state index contributed by atoms with van der Waals surface area (Å²) in [4.78, 5) is 16.9. The fourth-order valence-corrected chi connectivity index (χ4v) is 3.03. The van der Waals surface area contributed by atoms with Crippen LogP contribution in [0.2, 0.25) is 0 Å². The van der Waals surface area contributed by atoms with Gasteiger partial charge in [-0.3, -0.25) is 0 Å². The van der Waals surface area contributed by atoms with Gasteiger partial charge in [0.15, 0.2) is 0 Å². The minimum atomic E-state index is -0.375. The Kier molecular flexibility index (Phi) is 5.93. The number of hydrogen-bond donors (Lipinski definition) is 0. The van der Waals surface area contributed by atoms with Gasteiger partial charge in [-0.1, -0.05) is 13.8 Å². The predicted octanol–water partition coefficient (Wildman–Crippen LogP) is 4.20. The number of hydrogen-bond acceptors (Lipinski definition) is 6. The van der Waals surface area contributed by atoms with Gasteiger partial charge >= 0.3 is 5.97 Å². The smallest absolute Gasteiger partial charge is 0.350 e. The first-order valence-corrected chi connectivity index (χ1v) is 8.59. The largest absolute Gasteiger partial charge is 0.493 e. The number of esters is 1. The minimum absolute atomic E-state index is 0.318. The van der Waals surface area contributed by atoms with Gasteiger partial charge in [-0.05, 0) is 38.0 Å². The van der Waals surface area contributed by atoms with Crippen molar-refractivity contribution in [3.63, 3.8) is 0 Å². The van der Waals surface area contributed by atoms with Crippen LogP contribution in [0.25, 0.3) is 10.6 Å². The maximum atomic E-state index is 12.0. The molecule has 0 fully saturated rings. The van der Waals surface area contributed by atoms with E-state index in [9.17, 15) is 4.79 Å². The lowest BCUT2D eigenvalue weighted by Gasteiger charge is -2.12. The molecule has 0 spiro atoms. The molecule has 0 aliphatic carbocycles. The van der Waals surface area contributed by atoms with Crippen LogP contribution in [0.1, 0.15) is 41.7 Å². The molecule has 0 aliphatic rings. The zero-order valence-electron chi connectivity index (χ0n) is 14.3. The molecule has 5 nitrogen and oxygen atoms in total. The molecule has 0 amide bonds. The molecule has 0 aliphatic heterocycles. The summed E-state index contributed by atoms with van der Waals surface area (Å²) >= 11 is 1.25. The van der Waals surface area contributed by atoms with Gasteiger partial charge in [0, 0.05) is 0 Å². The van der Waals surface area contributed by atoms with E-state index in [1.54, 1.807) is 32.0 Å². The Morgan fingerprint density at radius 3 is 2.79 bits per heavy atom. The molecule has 2 rings (SSSR count). The number of aryl methyl sites for hydroxylation is 1. The molecular formula is C18H20N2O3S. The molecule has 1 aromatic heterocycles. The summed E-state index contributed by atoms with van der Waals surface area (Å²) in [6.45, 7) is 8.55. The number of nitrogens with zero attached hydrogens (tertiary/aromatic N) is 2. The van der Waals surface area contributed by atoms with Crippen LogP contribution in [-0.2, 0) is 4.74 Å². The van der Waals surface area contributed by atoms with Gasteiger partial charge in [-0.15, -0.1) is 11.3 Å². The SMILES string of the molecule is CCOC(=O)c1sc(-c2cc(C#N)ccc2OCC(C)C)nc1C. The van der Waals surface area contributed by atoms with Crippen LogP contribution in [0.3, 0.4) is 0 Å². The average molecular weight is 344 g/mol. The minimum Gasteiger partial charge on any atom is -0.493 e. The summed E-state index contributed by atoms with van der Waals surface area (Å²) < 4.78 is 10.9. The number of thiazole rings is 1. The summed E-state index contributed by atoms with van der Waals surface area (Å²) in [6, 6.07) is 7.35. The van der Waals surface area contributed by atoms with E-state index in [2.05, 4.69) is 24.9 Å². The van der Waals surface area contributed by atoms with Crippen molar-refractivity contribution in [3.05, 3.63) is 34.3 Å². The highest BCUT2D eigenvalue weighted by molar-refractivity contribution is 7.17. The van der Waals surface area contributed by atoms with Crippen molar-refractivity contribution in [2.45, 2.75) is 27.7 Å². The molecule has 2 aromatic rings. The maximum absolute atomic E-state index is 12.0. The lowest BCUT2D eigenvalue weighted by atomic mass is 10.1. The first-order chi connectivity index (χ1) is 11.5. The molecule has 0 bridgehead atoms. The van der Waals surface area contributed by atoms with E-state index in [0.29, 0.717) is 46.0 Å². The molecule has 126 valence electrons. The molecule has 6 heteroatoms. The van der Waals surface area contributed by atoms with Crippen LogP contribution in [0.15, 0.2) is 18.2 Å². The number of rotatable bonds is 6. The number of nitriles is 1. The van der Waals surface area contributed by atoms with Gasteiger partial charge in [-0.25, -0.2) is 9.78 Å². The number of benzene rings is 1. The molecule has 1 heterocycles. The van der Waals surface area contributed by atoms with Gasteiger partial charge in [-0.2, -0.15) is 5.26 Å². The lowest BCUT2D eigenvalue weighted by molar-refractivity contribution is 0.0531. The van der Waals surface area contributed by atoms with Crippen LogP contribution < -0.4 is 4.74 Å². The van der Waals surface area contributed by atoms with Crippen molar-refractivity contribution in [1.29, 1.82) is 5.26 Å². The van der Waals surface area contributed by atoms with E-state index >= 15 is 0 Å². The van der Waals surface area contributed by atoms with Crippen molar-refractivity contribution in [2.24, 2.45) is 5.92 Å². The van der Waals surface area contributed by atoms with Gasteiger partial charge in [0.05, 0.1) is 36.1 Å². The number of ether oxygens (including phenoxy) is 2. The third-order valence-corrected chi connectivity index (χ3v) is 4.34. The zero-order chi connectivity index (χ0) is 17.7. The highest BCUT2D eigenvalue weighted by atomic mass is 32.1. The molecule has 24 heavy (non-hydrogen) atoms. The summed E-state index contributed by atoms with van der Waals surface area (Å²) in [5.74, 6) is 0.660. The van der Waals surface area contributed by atoms with Crippen molar-refractivity contribution < 1.29 is 14.3 Å². The first kappa shape index (κ1) is 18.0. The predicted molar refractivity (Wildman–Crippen MR) is 93.3 cm³/mol. The van der Waals surface area contributed by atoms with Crippen molar-refractivity contribution >= 4 is 17.3 Å². The third-order valence-electron chi connectivity index (χ3n) is 3.17. The molecule has 0 saturated heterocycles. The Hall–Kier alpha value is -2.39. The lowest BCUT2D eigenvalue weighted by Crippen LogP contribution is -2.05. The van der Waals surface area contributed by atoms with E-state index in [4.69, 9.17) is 14.7 Å². The topological polar surface area (TPSA) is 72.2 Å². The molecule has 0 N–H and O–H groups in total. The van der Waals surface area contributed by atoms with Crippen LogP contribution in [-0.4, -0.2) is 24.2 Å². The van der Waals surface area contributed by atoms with Gasteiger partial charge in [0.25, 0.3) is 0 Å². The Morgan fingerprint density at radius 1 is 1.42 bits per heavy atom. The maximum Gasteiger partial charge on any atom is 0.350 e. The Balaban J connectivity index is 2.44. The fourth-order valence-electron chi connectivity index (χ4n) is 2.05. The Morgan fingerprint density at radius 2 is 2.17 bits per heavy atom. The molecule has 0 unspecified atom stereocenters. The van der Waals surface area contributed by atoms with Crippen LogP contribution in [0.4, 0.5) is 0 Å². The zero-order valence-corrected chi connectivity index (χ0v) is 15.1. The standard InChI is InChI=1S/C18H20N2O3S/c1-5-22-18(21)16-12(4)20-17(24-16)14-8-13(9-19)6-7-15(14)23-10-11(2)3/h6-8,11H,5,10H2,1-4H3. The molecule has 1 aromatic carbocycles. The molecule has 0 saturated carbocycles. The van der Waals surface area contributed by atoms with Gasteiger partial charge in [0.1, 0.15) is 15.6 Å². The monoisotopic (exact) mass is 344 g/mol.